The average Bonchev–Trinajstić information content (AvgIpc) is 2.85. The normalized spacial score (nSPS) is 12.7. The fourth-order valence-electron chi connectivity index (χ4n) is 2.07. The zero-order chi connectivity index (χ0) is 16.8. The molecule has 5 nitrogen and oxygen atoms in total. The van der Waals surface area contributed by atoms with E-state index in [0.717, 1.165) is 12.1 Å². The Morgan fingerprint density at radius 2 is 1.57 bits per heavy atom. The first-order valence-electron chi connectivity index (χ1n) is 6.25. The zero-order valence-corrected chi connectivity index (χ0v) is 12.1. The molecule has 0 spiro atoms. The molecule has 0 aliphatic heterocycles. The van der Waals surface area contributed by atoms with Crippen LogP contribution < -0.4 is 5.63 Å². The van der Waals surface area contributed by atoms with Crippen LogP contribution in [0.2, 0.25) is 0 Å². The summed E-state index contributed by atoms with van der Waals surface area (Å²) in [4.78, 5) is 11.2. The Morgan fingerprint density at radius 3 is 2.17 bits per heavy atom. The van der Waals surface area contributed by atoms with Gasteiger partial charge in [0.2, 0.25) is 0 Å². The van der Waals surface area contributed by atoms with E-state index in [1.165, 1.54) is 24.3 Å². The number of fused-ring (bicyclic) bond motifs is 1. The minimum absolute atomic E-state index is 0.0115. The summed E-state index contributed by atoms with van der Waals surface area (Å²) in [6.07, 6.45) is -4.57. The smallest absolute Gasteiger partial charge is 0.320 e. The lowest BCUT2D eigenvalue weighted by molar-refractivity contribution is -0.137. The highest BCUT2D eigenvalue weighted by molar-refractivity contribution is 7.90. The van der Waals surface area contributed by atoms with Crippen molar-refractivity contribution < 1.29 is 26.1 Å². The number of hydrogen-bond acceptors (Lipinski definition) is 4. The summed E-state index contributed by atoms with van der Waals surface area (Å²) in [7, 11) is -4.32. The molecule has 2 aromatic carbocycles. The molecule has 0 aliphatic rings. The molecule has 0 aliphatic carbocycles. The van der Waals surface area contributed by atoms with Crippen LogP contribution in [0.1, 0.15) is 5.56 Å². The molecule has 0 amide bonds. The number of nitrogens with zero attached hydrogens (tertiary/aromatic N) is 1. The van der Waals surface area contributed by atoms with Gasteiger partial charge in [0, 0.05) is 0 Å². The van der Waals surface area contributed by atoms with Crippen LogP contribution in [0.25, 0.3) is 10.9 Å². The summed E-state index contributed by atoms with van der Waals surface area (Å²) in [5.41, 5.74) is -1.82. The van der Waals surface area contributed by atoms with E-state index in [0.29, 0.717) is 16.3 Å². The van der Waals surface area contributed by atoms with Crippen molar-refractivity contribution in [1.82, 2.24) is 4.15 Å². The highest BCUT2D eigenvalue weighted by Gasteiger charge is 2.31. The minimum Gasteiger partial charge on any atom is -0.320 e. The Labute approximate surface area is 127 Å². The molecule has 1 aromatic heterocycles. The minimum atomic E-state index is -4.57. The maximum Gasteiger partial charge on any atom is 0.416 e. The van der Waals surface area contributed by atoms with E-state index in [1.54, 1.807) is 0 Å². The second-order valence-corrected chi connectivity index (χ2v) is 6.40. The summed E-state index contributed by atoms with van der Waals surface area (Å²) >= 11 is 0. The third-order valence-electron chi connectivity index (χ3n) is 3.18. The van der Waals surface area contributed by atoms with Crippen molar-refractivity contribution in [1.29, 1.82) is 0 Å². The van der Waals surface area contributed by atoms with Gasteiger partial charge in [-0.2, -0.15) is 21.6 Å². The molecule has 23 heavy (non-hydrogen) atoms. The Hall–Kier alpha value is -2.55. The summed E-state index contributed by atoms with van der Waals surface area (Å²) in [6.45, 7) is 0. The predicted octanol–water partition coefficient (Wildman–Crippen LogP) is 2.85. The molecule has 0 fully saturated rings. The zero-order valence-electron chi connectivity index (χ0n) is 11.2. The molecular weight excluding hydrogens is 335 g/mol. The Balaban J connectivity index is 2.16. The van der Waals surface area contributed by atoms with Crippen molar-refractivity contribution in [2.24, 2.45) is 0 Å². The monoisotopic (exact) mass is 343 g/mol. The van der Waals surface area contributed by atoms with Crippen molar-refractivity contribution in [3.63, 3.8) is 0 Å². The number of hydrogen-bond donors (Lipinski definition) is 0. The highest BCUT2D eigenvalue weighted by Crippen LogP contribution is 2.30. The van der Waals surface area contributed by atoms with Gasteiger partial charge in [-0.05, 0) is 36.4 Å². The number of benzene rings is 2. The lowest BCUT2D eigenvalue weighted by Gasteiger charge is -2.08. The van der Waals surface area contributed by atoms with Crippen LogP contribution in [0, 0.1) is 0 Å². The van der Waals surface area contributed by atoms with E-state index in [9.17, 15) is 26.4 Å². The summed E-state index contributed by atoms with van der Waals surface area (Å²) in [5, 5.41) is 0.0583. The fourth-order valence-corrected chi connectivity index (χ4v) is 3.32. The molecular formula is C14H8F3NO4S. The number of rotatable bonds is 2. The van der Waals surface area contributed by atoms with Gasteiger partial charge in [-0.1, -0.05) is 16.3 Å². The van der Waals surface area contributed by atoms with Gasteiger partial charge >= 0.3 is 11.8 Å². The summed E-state index contributed by atoms with van der Waals surface area (Å²) in [6, 6.07) is 8.72. The molecule has 9 heteroatoms. The van der Waals surface area contributed by atoms with Crippen LogP contribution >= 0.6 is 0 Å². The van der Waals surface area contributed by atoms with Gasteiger partial charge in [0.05, 0.1) is 15.8 Å². The van der Waals surface area contributed by atoms with E-state index >= 15 is 0 Å². The first-order chi connectivity index (χ1) is 10.7. The number of halogens is 3. The second-order valence-electron chi connectivity index (χ2n) is 4.65. The topological polar surface area (TPSA) is 69.3 Å². The molecule has 0 unspecified atom stereocenters. The average molecular weight is 343 g/mol. The van der Waals surface area contributed by atoms with Gasteiger partial charge < -0.3 is 4.52 Å². The van der Waals surface area contributed by atoms with Gasteiger partial charge in [0.25, 0.3) is 10.0 Å². The second kappa shape index (κ2) is 4.98. The molecule has 0 bridgehead atoms. The quantitative estimate of drug-likeness (QED) is 0.717. The maximum atomic E-state index is 12.5. The molecule has 0 saturated heterocycles. The molecule has 0 atom stereocenters. The van der Waals surface area contributed by atoms with Crippen LogP contribution in [0.4, 0.5) is 13.2 Å². The molecule has 120 valence electrons. The number of aromatic nitrogens is 1. The standard InChI is InChI=1S/C14H8F3NO4S/c15-14(16,17)9-5-7-10(8-6-9)23(20,21)18-12-4-2-1-3-11(12)13(19)22-18/h1-8H. The van der Waals surface area contributed by atoms with Gasteiger partial charge in [0.15, 0.2) is 0 Å². The Morgan fingerprint density at radius 1 is 0.957 bits per heavy atom. The van der Waals surface area contributed by atoms with Crippen LogP contribution in [0.5, 0.6) is 0 Å². The lowest BCUT2D eigenvalue weighted by Crippen LogP contribution is -2.13. The van der Waals surface area contributed by atoms with Crippen molar-refractivity contribution in [3.8, 4) is 0 Å². The van der Waals surface area contributed by atoms with Crippen molar-refractivity contribution >= 4 is 20.9 Å². The molecule has 3 rings (SSSR count). The molecule has 1 heterocycles. The van der Waals surface area contributed by atoms with E-state index in [4.69, 9.17) is 4.52 Å². The van der Waals surface area contributed by atoms with E-state index in [2.05, 4.69) is 0 Å². The van der Waals surface area contributed by atoms with E-state index in [-0.39, 0.29) is 10.9 Å². The molecule has 3 aromatic rings. The SMILES string of the molecule is O=c1on(S(=O)(=O)c2ccc(C(F)(F)F)cc2)c2ccccc12. The molecule has 0 radical (unpaired) electrons. The largest absolute Gasteiger partial charge is 0.416 e. The van der Waals surface area contributed by atoms with E-state index < -0.39 is 32.3 Å². The van der Waals surface area contributed by atoms with Crippen LogP contribution in [0.15, 0.2) is 62.7 Å². The van der Waals surface area contributed by atoms with Crippen molar-refractivity contribution in [2.75, 3.05) is 0 Å². The first kappa shape index (κ1) is 15.3. The third kappa shape index (κ3) is 2.52. The highest BCUT2D eigenvalue weighted by atomic mass is 32.2. The molecule has 0 N–H and O–H groups in total. The van der Waals surface area contributed by atoms with Crippen molar-refractivity contribution in [2.45, 2.75) is 11.1 Å². The van der Waals surface area contributed by atoms with Gasteiger partial charge in [-0.15, -0.1) is 0 Å². The van der Waals surface area contributed by atoms with Gasteiger partial charge in [-0.3, -0.25) is 0 Å². The van der Waals surface area contributed by atoms with E-state index in [1.807, 2.05) is 0 Å². The molecule has 0 saturated carbocycles. The Bertz CT molecular complexity index is 1030. The predicted molar refractivity (Wildman–Crippen MR) is 74.5 cm³/mol. The number of para-hydroxylation sites is 1. The third-order valence-corrected chi connectivity index (χ3v) is 4.76. The van der Waals surface area contributed by atoms with Crippen LogP contribution in [-0.4, -0.2) is 12.6 Å². The fraction of sp³-hybridized carbons (Fsp3) is 0.0714. The lowest BCUT2D eigenvalue weighted by atomic mass is 10.2. The number of alkyl halides is 3. The van der Waals surface area contributed by atoms with Crippen LogP contribution in [-0.2, 0) is 16.2 Å². The first-order valence-corrected chi connectivity index (χ1v) is 7.69. The van der Waals surface area contributed by atoms with Gasteiger partial charge in [0.1, 0.15) is 5.52 Å². The van der Waals surface area contributed by atoms with Crippen LogP contribution in [0.3, 0.4) is 0 Å². The summed E-state index contributed by atoms with van der Waals surface area (Å²) < 4.78 is 67.7. The van der Waals surface area contributed by atoms with Crippen molar-refractivity contribution in [3.05, 3.63) is 64.5 Å². The Kier molecular flexibility index (Phi) is 3.33. The summed E-state index contributed by atoms with van der Waals surface area (Å²) in [5.74, 6) is 0. The maximum absolute atomic E-state index is 12.5. The van der Waals surface area contributed by atoms with Gasteiger partial charge in [-0.25, -0.2) is 4.79 Å².